The topological polar surface area (TPSA) is 12.4 Å². The summed E-state index contributed by atoms with van der Waals surface area (Å²) in [6, 6.07) is 6.49. The van der Waals surface area contributed by atoms with Crippen molar-refractivity contribution < 1.29 is 0 Å². The van der Waals surface area contributed by atoms with Gasteiger partial charge in [0.1, 0.15) is 0 Å². The lowest BCUT2D eigenvalue weighted by molar-refractivity contribution is 0.984. The second-order valence-electron chi connectivity index (χ2n) is 3.92. The maximum absolute atomic E-state index is 4.20. The first kappa shape index (κ1) is 10.9. The predicted octanol–water partition coefficient (Wildman–Crippen LogP) is 4.10. The highest BCUT2D eigenvalue weighted by Gasteiger charge is 2.06. The van der Waals surface area contributed by atoms with E-state index in [0.29, 0.717) is 0 Å². The van der Waals surface area contributed by atoms with Gasteiger partial charge in [0.25, 0.3) is 0 Å². The average Bonchev–Trinajstić information content (AvgIpc) is 2.35. The van der Waals surface area contributed by atoms with Crippen molar-refractivity contribution in [1.29, 1.82) is 0 Å². The van der Waals surface area contributed by atoms with Gasteiger partial charge in [-0.25, -0.2) is 0 Å². The van der Waals surface area contributed by atoms with E-state index in [0.717, 1.165) is 19.3 Å². The Hall–Kier alpha value is -1.63. The van der Waals surface area contributed by atoms with Crippen LogP contribution in [-0.4, -0.2) is 6.21 Å². The average molecular weight is 211 g/mol. The number of aliphatic imine (C=N–C) groups is 1. The number of rotatable bonds is 3. The number of fused-ring (bicyclic) bond motifs is 1. The zero-order chi connectivity index (χ0) is 11.2. The van der Waals surface area contributed by atoms with E-state index in [1.807, 2.05) is 12.4 Å². The van der Waals surface area contributed by atoms with E-state index in [9.17, 15) is 0 Å². The van der Waals surface area contributed by atoms with Gasteiger partial charge in [0.05, 0.1) is 0 Å². The number of nitrogens with zero attached hydrogens (tertiary/aromatic N) is 1. The summed E-state index contributed by atoms with van der Waals surface area (Å²) >= 11 is 0. The summed E-state index contributed by atoms with van der Waals surface area (Å²) in [7, 11) is 0. The third-order valence-corrected chi connectivity index (χ3v) is 2.72. The molecule has 1 aromatic rings. The van der Waals surface area contributed by atoms with Crippen molar-refractivity contribution in [3.05, 3.63) is 47.2 Å². The Morgan fingerprint density at radius 2 is 2.31 bits per heavy atom. The van der Waals surface area contributed by atoms with E-state index in [2.05, 4.69) is 48.3 Å². The molecule has 0 amide bonds. The first-order valence-electron chi connectivity index (χ1n) is 5.88. The highest BCUT2D eigenvalue weighted by Crippen LogP contribution is 2.23. The van der Waals surface area contributed by atoms with Gasteiger partial charge in [0.2, 0.25) is 0 Å². The Morgan fingerprint density at radius 3 is 3.19 bits per heavy atom. The number of aryl methyl sites for hydroxylation is 1. The lowest BCUT2D eigenvalue weighted by Gasteiger charge is -2.12. The number of allylic oxidation sites excluding steroid dienone is 1. The molecule has 0 fully saturated rings. The van der Waals surface area contributed by atoms with E-state index >= 15 is 0 Å². The summed E-state index contributed by atoms with van der Waals surface area (Å²) in [5, 5.41) is 0. The van der Waals surface area contributed by atoms with Gasteiger partial charge in [-0.3, -0.25) is 4.99 Å². The predicted molar refractivity (Wildman–Crippen MR) is 71.6 cm³/mol. The Bertz CT molecular complexity index is 439. The normalized spacial score (nSPS) is 14.8. The van der Waals surface area contributed by atoms with Crippen molar-refractivity contribution in [2.24, 2.45) is 4.99 Å². The number of benzene rings is 1. The monoisotopic (exact) mass is 211 g/mol. The van der Waals surface area contributed by atoms with Crippen LogP contribution < -0.4 is 0 Å². The highest BCUT2D eigenvalue weighted by molar-refractivity contribution is 5.69. The van der Waals surface area contributed by atoms with E-state index in [4.69, 9.17) is 0 Å². The summed E-state index contributed by atoms with van der Waals surface area (Å²) in [6.45, 7) is 2.09. The van der Waals surface area contributed by atoms with Gasteiger partial charge < -0.3 is 0 Å². The fraction of sp³-hybridized carbons (Fsp3) is 0.267. The molecule has 1 heteroatoms. The summed E-state index contributed by atoms with van der Waals surface area (Å²) in [5.74, 6) is 0. The van der Waals surface area contributed by atoms with Crippen LogP contribution in [0, 0.1) is 0 Å². The molecule has 0 atom stereocenters. The maximum Gasteiger partial charge on any atom is 0.0270 e. The lowest BCUT2D eigenvalue weighted by Crippen LogP contribution is -1.95. The second kappa shape index (κ2) is 5.45. The fourth-order valence-corrected chi connectivity index (χ4v) is 1.93. The van der Waals surface area contributed by atoms with Gasteiger partial charge in [-0.1, -0.05) is 37.3 Å². The molecule has 0 heterocycles. The first-order valence-corrected chi connectivity index (χ1v) is 5.88. The maximum atomic E-state index is 4.20. The van der Waals surface area contributed by atoms with Gasteiger partial charge in [-0.05, 0) is 42.0 Å². The Labute approximate surface area is 97.2 Å². The molecule has 0 aromatic heterocycles. The van der Waals surface area contributed by atoms with Crippen molar-refractivity contribution >= 4 is 18.4 Å². The van der Waals surface area contributed by atoms with Crippen LogP contribution in [0.2, 0.25) is 0 Å². The summed E-state index contributed by atoms with van der Waals surface area (Å²) < 4.78 is 0. The van der Waals surface area contributed by atoms with Crippen LogP contribution in [0.4, 0.5) is 0 Å². The molecule has 0 radical (unpaired) electrons. The number of hydrogen-bond acceptors (Lipinski definition) is 1. The SMILES string of the molecule is CC/C=N\C=C/c1cccc2c1C=CCC2. The zero-order valence-corrected chi connectivity index (χ0v) is 9.69. The highest BCUT2D eigenvalue weighted by atomic mass is 14.7. The third-order valence-electron chi connectivity index (χ3n) is 2.72. The van der Waals surface area contributed by atoms with Crippen molar-refractivity contribution in [2.45, 2.75) is 26.2 Å². The van der Waals surface area contributed by atoms with E-state index in [1.165, 1.54) is 16.7 Å². The minimum absolute atomic E-state index is 0.983. The Kier molecular flexibility index (Phi) is 3.71. The molecule has 1 aliphatic carbocycles. The minimum Gasteiger partial charge on any atom is -0.269 e. The van der Waals surface area contributed by atoms with Crippen LogP contribution in [0.25, 0.3) is 12.2 Å². The molecule has 2 rings (SSSR count). The van der Waals surface area contributed by atoms with Crippen LogP contribution in [0.1, 0.15) is 36.5 Å². The van der Waals surface area contributed by atoms with Gasteiger partial charge in [0.15, 0.2) is 0 Å². The minimum atomic E-state index is 0.983. The summed E-state index contributed by atoms with van der Waals surface area (Å²) in [6.07, 6.45) is 13.7. The molecular weight excluding hydrogens is 194 g/mol. The first-order chi connectivity index (χ1) is 7.92. The Balaban J connectivity index is 2.25. The standard InChI is InChI=1S/C15H17N/c1-2-11-16-12-10-14-8-5-7-13-6-3-4-9-15(13)14/h4-5,7-12H,2-3,6H2,1H3/b12-10-,16-11-. The third kappa shape index (κ3) is 2.48. The van der Waals surface area contributed by atoms with Crippen LogP contribution in [0.3, 0.4) is 0 Å². The molecule has 0 spiro atoms. The largest absolute Gasteiger partial charge is 0.269 e. The van der Waals surface area contributed by atoms with Crippen molar-refractivity contribution in [3.8, 4) is 0 Å². The van der Waals surface area contributed by atoms with Gasteiger partial charge in [0, 0.05) is 12.4 Å². The smallest absolute Gasteiger partial charge is 0.0270 e. The lowest BCUT2D eigenvalue weighted by atomic mass is 9.93. The molecule has 1 nitrogen and oxygen atoms in total. The molecule has 1 aliphatic rings. The Morgan fingerprint density at radius 1 is 1.38 bits per heavy atom. The van der Waals surface area contributed by atoms with Crippen molar-refractivity contribution in [2.75, 3.05) is 0 Å². The molecule has 0 N–H and O–H groups in total. The molecule has 1 aromatic carbocycles. The van der Waals surface area contributed by atoms with Crippen LogP contribution in [-0.2, 0) is 6.42 Å². The van der Waals surface area contributed by atoms with Gasteiger partial charge in [-0.2, -0.15) is 0 Å². The summed E-state index contributed by atoms with van der Waals surface area (Å²) in [5.41, 5.74) is 4.07. The van der Waals surface area contributed by atoms with E-state index in [1.54, 1.807) is 0 Å². The zero-order valence-electron chi connectivity index (χ0n) is 9.69. The molecular formula is C15H17N. The van der Waals surface area contributed by atoms with Gasteiger partial charge in [-0.15, -0.1) is 0 Å². The molecule has 0 saturated carbocycles. The van der Waals surface area contributed by atoms with Crippen molar-refractivity contribution in [1.82, 2.24) is 0 Å². The van der Waals surface area contributed by atoms with Gasteiger partial charge >= 0.3 is 0 Å². The van der Waals surface area contributed by atoms with E-state index < -0.39 is 0 Å². The van der Waals surface area contributed by atoms with E-state index in [-0.39, 0.29) is 0 Å². The molecule has 0 unspecified atom stereocenters. The van der Waals surface area contributed by atoms with Crippen molar-refractivity contribution in [3.63, 3.8) is 0 Å². The molecule has 0 saturated heterocycles. The second-order valence-corrected chi connectivity index (χ2v) is 3.92. The number of hydrogen-bond donors (Lipinski definition) is 0. The van der Waals surface area contributed by atoms with Crippen LogP contribution in [0.5, 0.6) is 0 Å². The molecule has 0 bridgehead atoms. The van der Waals surface area contributed by atoms with Crippen LogP contribution >= 0.6 is 0 Å². The van der Waals surface area contributed by atoms with Crippen LogP contribution in [0.15, 0.2) is 35.5 Å². The molecule has 16 heavy (non-hydrogen) atoms. The summed E-state index contributed by atoms with van der Waals surface area (Å²) in [4.78, 5) is 4.20. The quantitative estimate of drug-likeness (QED) is 0.667. The molecule has 82 valence electrons. The molecule has 0 aliphatic heterocycles. The fourth-order valence-electron chi connectivity index (χ4n) is 1.93.